The molecule has 0 radical (unpaired) electrons. The van der Waals surface area contributed by atoms with E-state index in [1.54, 1.807) is 36.5 Å². The third-order valence-electron chi connectivity index (χ3n) is 4.45. The standard InChI is InChI=1S/C23H19N3O4/c1-14-7-9-16(10-8-14)21-12-26-22(30-21)17-5-3-4-6-18(17)23(28)29-13-20(27)19(11-24)15(2)25/h3-10,12,19,25H,13H2,1-2H3/t19-/m1/s1. The Kier molecular flexibility index (Phi) is 6.18. The number of aryl methyl sites for hydroxylation is 1. The number of aromatic nitrogens is 1. The molecule has 3 rings (SSSR count). The summed E-state index contributed by atoms with van der Waals surface area (Å²) in [5, 5.41) is 16.4. The number of nitrogens with one attached hydrogen (secondary N) is 1. The van der Waals surface area contributed by atoms with Crippen molar-refractivity contribution in [3.05, 3.63) is 65.9 Å². The molecule has 30 heavy (non-hydrogen) atoms. The SMILES string of the molecule is CC(=N)[C@@H](C#N)C(=O)COC(=O)c1ccccc1-c1ncc(-c2ccc(C)cc2)o1. The van der Waals surface area contributed by atoms with Gasteiger partial charge >= 0.3 is 5.97 Å². The molecule has 0 unspecified atom stereocenters. The molecular weight excluding hydrogens is 382 g/mol. The van der Waals surface area contributed by atoms with Crippen LogP contribution in [-0.2, 0) is 9.53 Å². The number of nitrogens with zero attached hydrogens (tertiary/aromatic N) is 2. The third-order valence-corrected chi connectivity index (χ3v) is 4.45. The number of nitriles is 1. The largest absolute Gasteiger partial charge is 0.454 e. The van der Waals surface area contributed by atoms with E-state index in [2.05, 4.69) is 4.98 Å². The molecule has 3 aromatic rings. The zero-order valence-electron chi connectivity index (χ0n) is 16.5. The van der Waals surface area contributed by atoms with E-state index < -0.39 is 24.3 Å². The van der Waals surface area contributed by atoms with Gasteiger partial charge in [0.1, 0.15) is 5.92 Å². The fourth-order valence-electron chi connectivity index (χ4n) is 2.81. The number of hydrogen-bond acceptors (Lipinski definition) is 7. The number of oxazole rings is 1. The van der Waals surface area contributed by atoms with Gasteiger partial charge in [-0.15, -0.1) is 0 Å². The van der Waals surface area contributed by atoms with Crippen LogP contribution in [0, 0.1) is 29.6 Å². The Morgan fingerprint density at radius 3 is 2.57 bits per heavy atom. The van der Waals surface area contributed by atoms with E-state index in [0.29, 0.717) is 11.3 Å². The van der Waals surface area contributed by atoms with Gasteiger partial charge in [0.05, 0.1) is 23.4 Å². The second-order valence-electron chi connectivity index (χ2n) is 6.73. The Hall–Kier alpha value is -4.05. The molecule has 0 spiro atoms. The number of ketones is 1. The van der Waals surface area contributed by atoms with E-state index in [4.69, 9.17) is 19.8 Å². The van der Waals surface area contributed by atoms with E-state index in [-0.39, 0.29) is 17.2 Å². The molecular formula is C23H19N3O4. The quantitative estimate of drug-likeness (QED) is 0.468. The van der Waals surface area contributed by atoms with Crippen LogP contribution in [0.4, 0.5) is 0 Å². The van der Waals surface area contributed by atoms with Crippen LogP contribution < -0.4 is 0 Å². The predicted octanol–water partition coefficient (Wildman–Crippen LogP) is 4.22. The molecule has 1 N–H and O–H groups in total. The predicted molar refractivity (Wildman–Crippen MR) is 110 cm³/mol. The topological polar surface area (TPSA) is 117 Å². The maximum Gasteiger partial charge on any atom is 0.339 e. The second kappa shape index (κ2) is 8.97. The molecule has 0 fully saturated rings. The lowest BCUT2D eigenvalue weighted by Gasteiger charge is -2.09. The molecule has 1 aromatic heterocycles. The van der Waals surface area contributed by atoms with Gasteiger partial charge < -0.3 is 14.6 Å². The summed E-state index contributed by atoms with van der Waals surface area (Å²) in [6, 6.07) is 16.1. The van der Waals surface area contributed by atoms with Crippen molar-refractivity contribution in [3.63, 3.8) is 0 Å². The van der Waals surface area contributed by atoms with Crippen LogP contribution >= 0.6 is 0 Å². The number of ether oxygens (including phenoxy) is 1. The van der Waals surface area contributed by atoms with Crippen molar-refractivity contribution in [2.75, 3.05) is 6.61 Å². The van der Waals surface area contributed by atoms with Crippen LogP contribution in [-0.4, -0.2) is 29.1 Å². The van der Waals surface area contributed by atoms with Crippen LogP contribution in [0.3, 0.4) is 0 Å². The number of esters is 1. The van der Waals surface area contributed by atoms with Crippen LogP contribution in [0.5, 0.6) is 0 Å². The molecule has 0 amide bonds. The average molecular weight is 401 g/mol. The number of carbonyl (C=O) groups excluding carboxylic acids is 2. The highest BCUT2D eigenvalue weighted by Gasteiger charge is 2.23. The molecule has 1 atom stereocenters. The highest BCUT2D eigenvalue weighted by Crippen LogP contribution is 2.28. The second-order valence-corrected chi connectivity index (χ2v) is 6.73. The molecule has 0 aliphatic rings. The van der Waals surface area contributed by atoms with Crippen molar-refractivity contribution < 1.29 is 18.7 Å². The smallest absolute Gasteiger partial charge is 0.339 e. The van der Waals surface area contributed by atoms with E-state index in [1.807, 2.05) is 31.2 Å². The first-order valence-electron chi connectivity index (χ1n) is 9.17. The lowest BCUT2D eigenvalue weighted by molar-refractivity contribution is -0.122. The summed E-state index contributed by atoms with van der Waals surface area (Å²) in [5.74, 6) is -1.81. The highest BCUT2D eigenvalue weighted by molar-refractivity contribution is 6.06. The summed E-state index contributed by atoms with van der Waals surface area (Å²) in [6.07, 6.45) is 1.58. The monoisotopic (exact) mass is 401 g/mol. The Morgan fingerprint density at radius 2 is 1.90 bits per heavy atom. The van der Waals surface area contributed by atoms with E-state index >= 15 is 0 Å². The van der Waals surface area contributed by atoms with Crippen LogP contribution in [0.1, 0.15) is 22.8 Å². The normalized spacial score (nSPS) is 11.4. The molecule has 150 valence electrons. The van der Waals surface area contributed by atoms with Gasteiger partial charge in [0.2, 0.25) is 5.89 Å². The zero-order valence-corrected chi connectivity index (χ0v) is 16.5. The number of carbonyl (C=O) groups is 2. The minimum atomic E-state index is -1.23. The summed E-state index contributed by atoms with van der Waals surface area (Å²) in [7, 11) is 0. The van der Waals surface area contributed by atoms with Gasteiger partial charge in [-0.05, 0) is 26.0 Å². The van der Waals surface area contributed by atoms with E-state index in [0.717, 1.165) is 11.1 Å². The number of rotatable bonds is 7. The minimum absolute atomic E-state index is 0.0950. The molecule has 0 saturated carbocycles. The Bertz CT molecular complexity index is 1140. The van der Waals surface area contributed by atoms with E-state index in [1.165, 1.54) is 6.92 Å². The van der Waals surface area contributed by atoms with Gasteiger partial charge in [-0.1, -0.05) is 42.0 Å². The molecule has 1 heterocycles. The van der Waals surface area contributed by atoms with Crippen LogP contribution in [0.2, 0.25) is 0 Å². The fourth-order valence-corrected chi connectivity index (χ4v) is 2.81. The van der Waals surface area contributed by atoms with Crippen molar-refractivity contribution in [1.82, 2.24) is 4.98 Å². The lowest BCUT2D eigenvalue weighted by atomic mass is 10.0. The van der Waals surface area contributed by atoms with Gasteiger partial charge in [0.15, 0.2) is 18.2 Å². The van der Waals surface area contributed by atoms with Crippen molar-refractivity contribution in [2.24, 2.45) is 5.92 Å². The molecule has 0 saturated heterocycles. The molecule has 0 aliphatic carbocycles. The molecule has 7 nitrogen and oxygen atoms in total. The van der Waals surface area contributed by atoms with Gasteiger partial charge in [-0.3, -0.25) is 4.79 Å². The van der Waals surface area contributed by atoms with Gasteiger partial charge in [-0.2, -0.15) is 5.26 Å². The Balaban J connectivity index is 1.80. The zero-order chi connectivity index (χ0) is 21.7. The highest BCUT2D eigenvalue weighted by atomic mass is 16.5. The lowest BCUT2D eigenvalue weighted by Crippen LogP contribution is -2.25. The summed E-state index contributed by atoms with van der Waals surface area (Å²) >= 11 is 0. The molecule has 0 bridgehead atoms. The Labute approximate surface area is 173 Å². The van der Waals surface area contributed by atoms with Crippen LogP contribution in [0.15, 0.2) is 59.1 Å². The van der Waals surface area contributed by atoms with Gasteiger partial charge in [0, 0.05) is 11.3 Å². The fraction of sp³-hybridized carbons (Fsp3) is 0.174. The number of Topliss-reactive ketones (excluding diaryl/α,β-unsaturated/α-hetero) is 1. The van der Waals surface area contributed by atoms with Gasteiger partial charge in [-0.25, -0.2) is 9.78 Å². The Morgan fingerprint density at radius 1 is 1.20 bits per heavy atom. The first-order chi connectivity index (χ1) is 14.4. The average Bonchev–Trinajstić information content (AvgIpc) is 3.23. The summed E-state index contributed by atoms with van der Waals surface area (Å²) in [6.45, 7) is 2.75. The van der Waals surface area contributed by atoms with Crippen LogP contribution in [0.25, 0.3) is 22.8 Å². The maximum absolute atomic E-state index is 12.6. The van der Waals surface area contributed by atoms with Gasteiger partial charge in [0.25, 0.3) is 0 Å². The maximum atomic E-state index is 12.6. The number of hydrogen-bond donors (Lipinski definition) is 1. The molecule has 7 heteroatoms. The van der Waals surface area contributed by atoms with Crippen molar-refractivity contribution in [1.29, 1.82) is 10.7 Å². The first kappa shape index (κ1) is 20.7. The summed E-state index contributed by atoms with van der Waals surface area (Å²) < 4.78 is 10.9. The van der Waals surface area contributed by atoms with Crippen molar-refractivity contribution in [2.45, 2.75) is 13.8 Å². The van der Waals surface area contributed by atoms with E-state index in [9.17, 15) is 9.59 Å². The summed E-state index contributed by atoms with van der Waals surface area (Å²) in [5.41, 5.74) is 2.49. The van der Waals surface area contributed by atoms with Crippen molar-refractivity contribution in [3.8, 4) is 28.8 Å². The molecule has 2 aromatic carbocycles. The molecule has 0 aliphatic heterocycles. The third kappa shape index (κ3) is 4.50. The summed E-state index contributed by atoms with van der Waals surface area (Å²) in [4.78, 5) is 28.9. The number of benzene rings is 2. The van der Waals surface area contributed by atoms with Crippen molar-refractivity contribution >= 4 is 17.5 Å². The minimum Gasteiger partial charge on any atom is -0.454 e. The first-order valence-corrected chi connectivity index (χ1v) is 9.17.